The molecule has 0 saturated carbocycles. The van der Waals surface area contributed by atoms with Crippen molar-refractivity contribution in [1.29, 1.82) is 0 Å². The van der Waals surface area contributed by atoms with Crippen molar-refractivity contribution in [1.82, 2.24) is 15.1 Å². The van der Waals surface area contributed by atoms with E-state index < -0.39 is 17.6 Å². The van der Waals surface area contributed by atoms with Gasteiger partial charge in [0.15, 0.2) is 5.82 Å². The van der Waals surface area contributed by atoms with Crippen LogP contribution < -0.4 is 10.6 Å². The zero-order valence-electron chi connectivity index (χ0n) is 19.3. The summed E-state index contributed by atoms with van der Waals surface area (Å²) < 4.78 is 39.7. The summed E-state index contributed by atoms with van der Waals surface area (Å²) in [6.45, 7) is 2.95. The summed E-state index contributed by atoms with van der Waals surface area (Å²) in [5, 5.41) is 23.2. The number of amides is 1. The Morgan fingerprint density at radius 2 is 1.86 bits per heavy atom. The molecule has 1 atom stereocenters. The van der Waals surface area contributed by atoms with Gasteiger partial charge in [0, 0.05) is 35.8 Å². The number of likely N-dealkylation sites (N-methyl/N-ethyl adjacent to an activating group) is 1. The number of carbonyl (C=O) groups is 2. The van der Waals surface area contributed by atoms with Gasteiger partial charge in [-0.25, -0.2) is 0 Å². The van der Waals surface area contributed by atoms with Gasteiger partial charge in [-0.15, -0.1) is 10.2 Å². The van der Waals surface area contributed by atoms with Crippen LogP contribution in [0, 0.1) is 0 Å². The molecule has 1 aliphatic rings. The van der Waals surface area contributed by atoms with Crippen molar-refractivity contribution < 1.29 is 27.9 Å². The monoisotopic (exact) mass is 489 g/mol. The van der Waals surface area contributed by atoms with Crippen LogP contribution in [0.25, 0.3) is 22.0 Å². The standard InChI is InChI=1S/C23H24F3N5O.CH2O2/c1-14(32)27-20-12-15(23(24,25)26)9-10-19(20)21-17-7-3-4-8-18(17)22(30-29-21)28-16-6-5-11-31(2)13-16;2-1-3/h3-4,7-10,12,16H,5-6,11,13H2,1-2H3,(H,27,32)(H,28,30);1H,(H,2,3)/t16-;/m1./s1. The minimum Gasteiger partial charge on any atom is -0.483 e. The fourth-order valence-corrected chi connectivity index (χ4v) is 4.11. The number of alkyl halides is 3. The first-order valence-corrected chi connectivity index (χ1v) is 10.9. The number of likely N-dealkylation sites (tertiary alicyclic amines) is 1. The molecule has 1 saturated heterocycles. The Kier molecular flexibility index (Phi) is 8.23. The Labute approximate surface area is 200 Å². The molecule has 1 aliphatic heterocycles. The topological polar surface area (TPSA) is 107 Å². The second kappa shape index (κ2) is 11.1. The minimum atomic E-state index is -4.53. The predicted molar refractivity (Wildman–Crippen MR) is 127 cm³/mol. The lowest BCUT2D eigenvalue weighted by atomic mass is 10.0. The number of rotatable bonds is 4. The Bertz CT molecular complexity index is 1200. The van der Waals surface area contributed by atoms with Crippen molar-refractivity contribution in [3.05, 3.63) is 48.0 Å². The third-order valence-electron chi connectivity index (χ3n) is 5.57. The van der Waals surface area contributed by atoms with Crippen LogP contribution in [0.1, 0.15) is 25.3 Å². The number of halogens is 3. The van der Waals surface area contributed by atoms with E-state index in [4.69, 9.17) is 9.90 Å². The lowest BCUT2D eigenvalue weighted by Crippen LogP contribution is -2.40. The van der Waals surface area contributed by atoms with Crippen molar-refractivity contribution in [3.63, 3.8) is 0 Å². The van der Waals surface area contributed by atoms with E-state index in [1.54, 1.807) is 0 Å². The zero-order chi connectivity index (χ0) is 25.6. The summed E-state index contributed by atoms with van der Waals surface area (Å²) in [6, 6.07) is 11.0. The van der Waals surface area contributed by atoms with Gasteiger partial charge in [-0.05, 0) is 38.6 Å². The van der Waals surface area contributed by atoms with Gasteiger partial charge < -0.3 is 20.6 Å². The highest BCUT2D eigenvalue weighted by molar-refractivity contribution is 6.03. The molecule has 3 N–H and O–H groups in total. The zero-order valence-corrected chi connectivity index (χ0v) is 19.3. The molecular formula is C24H26F3N5O3. The molecule has 3 aromatic rings. The fraction of sp³-hybridized carbons (Fsp3) is 0.333. The maximum absolute atomic E-state index is 13.2. The van der Waals surface area contributed by atoms with Gasteiger partial charge in [0.1, 0.15) is 5.69 Å². The highest BCUT2D eigenvalue weighted by atomic mass is 19.4. The summed E-state index contributed by atoms with van der Waals surface area (Å²) in [6.07, 6.45) is -2.42. The average Bonchev–Trinajstić information content (AvgIpc) is 2.79. The quantitative estimate of drug-likeness (QED) is 0.464. The first-order valence-electron chi connectivity index (χ1n) is 10.9. The van der Waals surface area contributed by atoms with Crippen LogP contribution in [0.3, 0.4) is 0 Å². The van der Waals surface area contributed by atoms with E-state index in [-0.39, 0.29) is 18.2 Å². The number of nitrogens with one attached hydrogen (secondary N) is 2. The molecule has 0 unspecified atom stereocenters. The van der Waals surface area contributed by atoms with Gasteiger partial charge in [-0.2, -0.15) is 13.2 Å². The molecule has 0 bridgehead atoms. The van der Waals surface area contributed by atoms with Gasteiger partial charge in [0.25, 0.3) is 6.47 Å². The van der Waals surface area contributed by atoms with E-state index in [1.807, 2.05) is 24.3 Å². The van der Waals surface area contributed by atoms with Crippen molar-refractivity contribution in [2.75, 3.05) is 30.8 Å². The molecule has 8 nitrogen and oxygen atoms in total. The molecule has 0 aliphatic carbocycles. The molecular weight excluding hydrogens is 463 g/mol. The van der Waals surface area contributed by atoms with E-state index in [1.165, 1.54) is 13.0 Å². The normalized spacial score (nSPS) is 16.2. The van der Waals surface area contributed by atoms with Gasteiger partial charge in [0.2, 0.25) is 5.91 Å². The summed E-state index contributed by atoms with van der Waals surface area (Å²) in [5.41, 5.74) is -0.0198. The second-order valence-electron chi connectivity index (χ2n) is 8.23. The smallest absolute Gasteiger partial charge is 0.416 e. The Morgan fingerprint density at radius 3 is 2.49 bits per heavy atom. The number of aromatic nitrogens is 2. The first-order chi connectivity index (χ1) is 16.6. The van der Waals surface area contributed by atoms with Crippen molar-refractivity contribution >= 4 is 34.7 Å². The van der Waals surface area contributed by atoms with Crippen LogP contribution in [-0.4, -0.2) is 58.8 Å². The van der Waals surface area contributed by atoms with Crippen molar-refractivity contribution in [2.45, 2.75) is 32.0 Å². The maximum atomic E-state index is 13.2. The van der Waals surface area contributed by atoms with Crippen LogP contribution in [0.5, 0.6) is 0 Å². The maximum Gasteiger partial charge on any atom is 0.416 e. The molecule has 2 heterocycles. The molecule has 1 aromatic heterocycles. The van der Waals surface area contributed by atoms with E-state index in [0.717, 1.165) is 48.8 Å². The number of piperidine rings is 1. The fourth-order valence-electron chi connectivity index (χ4n) is 4.11. The van der Waals surface area contributed by atoms with Gasteiger partial charge in [-0.3, -0.25) is 9.59 Å². The molecule has 11 heteroatoms. The third kappa shape index (κ3) is 6.44. The van der Waals surface area contributed by atoms with E-state index >= 15 is 0 Å². The number of anilines is 2. The molecule has 1 fully saturated rings. The summed E-state index contributed by atoms with van der Waals surface area (Å²) in [5.74, 6) is 0.167. The van der Waals surface area contributed by atoms with Gasteiger partial charge in [-0.1, -0.05) is 30.3 Å². The van der Waals surface area contributed by atoms with Crippen LogP contribution in [-0.2, 0) is 15.8 Å². The van der Waals surface area contributed by atoms with Crippen LogP contribution in [0.4, 0.5) is 24.7 Å². The van der Waals surface area contributed by atoms with Gasteiger partial charge >= 0.3 is 6.18 Å². The Morgan fingerprint density at radius 1 is 1.17 bits per heavy atom. The number of hydrogen-bond acceptors (Lipinski definition) is 6. The highest BCUT2D eigenvalue weighted by Crippen LogP contribution is 2.38. The summed E-state index contributed by atoms with van der Waals surface area (Å²) >= 11 is 0. The lowest BCUT2D eigenvalue weighted by molar-refractivity contribution is -0.137. The highest BCUT2D eigenvalue weighted by Gasteiger charge is 2.31. The molecule has 0 radical (unpaired) electrons. The van der Waals surface area contributed by atoms with E-state index in [2.05, 4.69) is 32.8 Å². The molecule has 35 heavy (non-hydrogen) atoms. The molecule has 2 aromatic carbocycles. The number of carbonyl (C=O) groups excluding carboxylic acids is 1. The van der Waals surface area contributed by atoms with Crippen molar-refractivity contribution in [3.8, 4) is 11.3 Å². The molecule has 186 valence electrons. The van der Waals surface area contributed by atoms with Crippen LogP contribution in [0.2, 0.25) is 0 Å². The largest absolute Gasteiger partial charge is 0.483 e. The molecule has 1 amide bonds. The predicted octanol–water partition coefficient (Wildman–Crippen LogP) is 4.48. The van der Waals surface area contributed by atoms with Crippen molar-refractivity contribution in [2.24, 2.45) is 0 Å². The summed E-state index contributed by atoms with van der Waals surface area (Å²) in [4.78, 5) is 22.3. The lowest BCUT2D eigenvalue weighted by Gasteiger charge is -2.30. The number of hydrogen-bond donors (Lipinski definition) is 3. The van der Waals surface area contributed by atoms with Crippen LogP contribution in [0.15, 0.2) is 42.5 Å². The number of carboxylic acid groups (broad SMARTS) is 1. The molecule has 0 spiro atoms. The number of fused-ring (bicyclic) bond motifs is 1. The Hall–Kier alpha value is -3.73. The van der Waals surface area contributed by atoms with Crippen LogP contribution >= 0.6 is 0 Å². The summed E-state index contributed by atoms with van der Waals surface area (Å²) in [7, 11) is 2.08. The second-order valence-corrected chi connectivity index (χ2v) is 8.23. The number of nitrogens with zero attached hydrogens (tertiary/aromatic N) is 3. The van der Waals surface area contributed by atoms with E-state index in [0.29, 0.717) is 17.1 Å². The Balaban J connectivity index is 0.00000108. The third-order valence-corrected chi connectivity index (χ3v) is 5.57. The van der Waals surface area contributed by atoms with Gasteiger partial charge in [0.05, 0.1) is 11.3 Å². The average molecular weight is 489 g/mol. The first kappa shape index (κ1) is 25.9. The van der Waals surface area contributed by atoms with E-state index in [9.17, 15) is 18.0 Å². The number of benzene rings is 2. The SMILES string of the molecule is CC(=O)Nc1cc(C(F)(F)F)ccc1-c1nnc(N[C@@H]2CCCN(C)C2)c2ccccc12.O=CO. The minimum absolute atomic E-state index is 0.0430. The molecule has 4 rings (SSSR count).